The number of likely N-dealkylation sites (tertiary alicyclic amines) is 1. The number of nitrogens with one attached hydrogen (secondary N) is 1. The Labute approximate surface area is 108 Å². The Kier molecular flexibility index (Phi) is 7.14. The van der Waals surface area contributed by atoms with Crippen molar-refractivity contribution in [1.29, 1.82) is 0 Å². The summed E-state index contributed by atoms with van der Waals surface area (Å²) in [6.07, 6.45) is 5.43. The zero-order valence-electron chi connectivity index (χ0n) is 12.3. The van der Waals surface area contributed by atoms with Gasteiger partial charge in [0.2, 0.25) is 0 Å². The van der Waals surface area contributed by atoms with E-state index in [1.54, 1.807) is 0 Å². The molecule has 0 spiro atoms. The van der Waals surface area contributed by atoms with E-state index in [-0.39, 0.29) is 0 Å². The summed E-state index contributed by atoms with van der Waals surface area (Å²) in [5.41, 5.74) is 0. The fourth-order valence-corrected chi connectivity index (χ4v) is 3.02. The molecule has 0 aromatic rings. The van der Waals surface area contributed by atoms with E-state index in [4.69, 9.17) is 0 Å². The Bertz CT molecular complexity index is 191. The summed E-state index contributed by atoms with van der Waals surface area (Å²) >= 11 is 0. The van der Waals surface area contributed by atoms with Crippen molar-refractivity contribution in [2.24, 2.45) is 11.8 Å². The summed E-state index contributed by atoms with van der Waals surface area (Å²) in [6, 6.07) is 0.739. The molecular weight excluding hydrogens is 208 g/mol. The molecule has 0 radical (unpaired) electrons. The smallest absolute Gasteiger partial charge is 0.0243 e. The highest BCUT2D eigenvalue weighted by Gasteiger charge is 2.28. The van der Waals surface area contributed by atoms with Gasteiger partial charge in [-0.2, -0.15) is 0 Å². The average molecular weight is 240 g/mol. The van der Waals surface area contributed by atoms with E-state index in [0.29, 0.717) is 0 Å². The molecule has 2 nitrogen and oxygen atoms in total. The molecule has 2 heteroatoms. The first-order valence-electron chi connectivity index (χ1n) is 7.63. The molecule has 1 saturated heterocycles. The second-order valence-corrected chi connectivity index (χ2v) is 5.95. The molecule has 0 bridgehead atoms. The van der Waals surface area contributed by atoms with Crippen LogP contribution in [0, 0.1) is 11.8 Å². The first-order chi connectivity index (χ1) is 8.19. The van der Waals surface area contributed by atoms with Crippen LogP contribution in [-0.4, -0.2) is 37.1 Å². The van der Waals surface area contributed by atoms with Crippen molar-refractivity contribution in [3.63, 3.8) is 0 Å². The van der Waals surface area contributed by atoms with Crippen LogP contribution in [0.25, 0.3) is 0 Å². The molecule has 1 aliphatic heterocycles. The summed E-state index contributed by atoms with van der Waals surface area (Å²) in [7, 11) is 0. The quantitative estimate of drug-likeness (QED) is 0.656. The maximum Gasteiger partial charge on any atom is 0.0243 e. The molecule has 2 atom stereocenters. The van der Waals surface area contributed by atoms with E-state index in [1.807, 2.05) is 0 Å². The van der Waals surface area contributed by atoms with Gasteiger partial charge in [-0.3, -0.25) is 4.90 Å². The van der Waals surface area contributed by atoms with Crippen LogP contribution in [0.4, 0.5) is 0 Å². The van der Waals surface area contributed by atoms with Crippen molar-refractivity contribution in [1.82, 2.24) is 10.2 Å². The number of hydrogen-bond acceptors (Lipinski definition) is 2. The van der Waals surface area contributed by atoms with E-state index in [9.17, 15) is 0 Å². The first kappa shape index (κ1) is 15.0. The van der Waals surface area contributed by atoms with E-state index < -0.39 is 0 Å². The Hall–Kier alpha value is -0.0800. The summed E-state index contributed by atoms with van der Waals surface area (Å²) in [5, 5.41) is 3.60. The molecule has 1 rings (SSSR count). The Balaban J connectivity index is 2.37. The molecular formula is C15H32N2. The zero-order chi connectivity index (χ0) is 12.7. The van der Waals surface area contributed by atoms with Crippen molar-refractivity contribution in [3.05, 3.63) is 0 Å². The molecule has 1 fully saturated rings. The lowest BCUT2D eigenvalue weighted by Gasteiger charge is -2.31. The highest BCUT2D eigenvalue weighted by atomic mass is 15.2. The second kappa shape index (κ2) is 8.10. The standard InChI is InChI=1S/C15H32N2/c1-5-7-14-8-10-17(12-14)15(13(3)4)11-16-9-6-2/h13-16H,5-12H2,1-4H3. The van der Waals surface area contributed by atoms with Crippen LogP contribution in [0.3, 0.4) is 0 Å². The van der Waals surface area contributed by atoms with Crippen LogP contribution in [0.15, 0.2) is 0 Å². The minimum atomic E-state index is 0.739. The number of rotatable bonds is 8. The van der Waals surface area contributed by atoms with Crippen molar-refractivity contribution < 1.29 is 0 Å². The van der Waals surface area contributed by atoms with Crippen LogP contribution < -0.4 is 5.32 Å². The zero-order valence-corrected chi connectivity index (χ0v) is 12.3. The van der Waals surface area contributed by atoms with Gasteiger partial charge in [-0.25, -0.2) is 0 Å². The number of nitrogens with zero attached hydrogens (tertiary/aromatic N) is 1. The molecule has 0 aromatic heterocycles. The molecule has 1 N–H and O–H groups in total. The molecule has 0 saturated carbocycles. The fourth-order valence-electron chi connectivity index (χ4n) is 3.02. The second-order valence-electron chi connectivity index (χ2n) is 5.95. The lowest BCUT2D eigenvalue weighted by atomic mass is 10.0. The monoisotopic (exact) mass is 240 g/mol. The van der Waals surface area contributed by atoms with Crippen LogP contribution >= 0.6 is 0 Å². The first-order valence-corrected chi connectivity index (χ1v) is 7.63. The lowest BCUT2D eigenvalue weighted by molar-refractivity contribution is 0.179. The van der Waals surface area contributed by atoms with Gasteiger partial charge in [0.15, 0.2) is 0 Å². The maximum absolute atomic E-state index is 3.60. The SMILES string of the molecule is CCCNCC(C(C)C)N1CCC(CCC)C1. The van der Waals surface area contributed by atoms with Gasteiger partial charge < -0.3 is 5.32 Å². The summed E-state index contributed by atoms with van der Waals surface area (Å²) in [6.45, 7) is 14.3. The molecule has 0 aromatic carbocycles. The predicted molar refractivity (Wildman–Crippen MR) is 76.4 cm³/mol. The van der Waals surface area contributed by atoms with Gasteiger partial charge in [0.1, 0.15) is 0 Å². The molecule has 0 amide bonds. The highest BCUT2D eigenvalue weighted by Crippen LogP contribution is 2.24. The highest BCUT2D eigenvalue weighted by molar-refractivity contribution is 4.84. The molecule has 17 heavy (non-hydrogen) atoms. The van der Waals surface area contributed by atoms with E-state index in [2.05, 4.69) is 37.9 Å². The van der Waals surface area contributed by atoms with Crippen molar-refractivity contribution in [2.45, 2.75) is 59.4 Å². The van der Waals surface area contributed by atoms with Crippen molar-refractivity contribution in [3.8, 4) is 0 Å². The van der Waals surface area contributed by atoms with E-state index in [1.165, 1.54) is 45.3 Å². The van der Waals surface area contributed by atoms with Gasteiger partial charge in [-0.15, -0.1) is 0 Å². The lowest BCUT2D eigenvalue weighted by Crippen LogP contribution is -2.44. The van der Waals surface area contributed by atoms with Gasteiger partial charge in [0.05, 0.1) is 0 Å². The van der Waals surface area contributed by atoms with Gasteiger partial charge in [-0.1, -0.05) is 34.1 Å². The fraction of sp³-hybridized carbons (Fsp3) is 1.00. The van der Waals surface area contributed by atoms with Crippen LogP contribution in [0.1, 0.15) is 53.4 Å². The van der Waals surface area contributed by atoms with Gasteiger partial charge in [-0.05, 0) is 44.2 Å². The van der Waals surface area contributed by atoms with Crippen LogP contribution in [0.2, 0.25) is 0 Å². The van der Waals surface area contributed by atoms with Gasteiger partial charge in [0.25, 0.3) is 0 Å². The largest absolute Gasteiger partial charge is 0.315 e. The topological polar surface area (TPSA) is 15.3 Å². The third kappa shape index (κ3) is 4.97. The molecule has 2 unspecified atom stereocenters. The van der Waals surface area contributed by atoms with Crippen molar-refractivity contribution in [2.75, 3.05) is 26.2 Å². The minimum absolute atomic E-state index is 0.739. The summed E-state index contributed by atoms with van der Waals surface area (Å²) in [5.74, 6) is 1.73. The Morgan fingerprint density at radius 1 is 1.24 bits per heavy atom. The van der Waals surface area contributed by atoms with Crippen LogP contribution in [-0.2, 0) is 0 Å². The molecule has 102 valence electrons. The Morgan fingerprint density at radius 2 is 2.00 bits per heavy atom. The molecule has 1 aliphatic rings. The third-order valence-corrected chi connectivity index (χ3v) is 4.03. The Morgan fingerprint density at radius 3 is 2.59 bits per heavy atom. The summed E-state index contributed by atoms with van der Waals surface area (Å²) < 4.78 is 0. The minimum Gasteiger partial charge on any atom is -0.315 e. The normalized spacial score (nSPS) is 23.5. The van der Waals surface area contributed by atoms with E-state index >= 15 is 0 Å². The predicted octanol–water partition coefficient (Wildman–Crippen LogP) is 3.13. The molecule has 1 heterocycles. The van der Waals surface area contributed by atoms with E-state index in [0.717, 1.165) is 24.4 Å². The van der Waals surface area contributed by atoms with Gasteiger partial charge in [0, 0.05) is 19.1 Å². The van der Waals surface area contributed by atoms with Crippen LogP contribution in [0.5, 0.6) is 0 Å². The van der Waals surface area contributed by atoms with Crippen molar-refractivity contribution >= 4 is 0 Å². The molecule has 0 aliphatic carbocycles. The maximum atomic E-state index is 3.60. The average Bonchev–Trinajstić information content (AvgIpc) is 2.73. The number of hydrogen-bond donors (Lipinski definition) is 1. The summed E-state index contributed by atoms with van der Waals surface area (Å²) in [4.78, 5) is 2.73. The van der Waals surface area contributed by atoms with Gasteiger partial charge >= 0.3 is 0 Å². The third-order valence-electron chi connectivity index (χ3n) is 4.03.